The minimum Gasteiger partial charge on any atom is -0.491 e. The fourth-order valence-electron chi connectivity index (χ4n) is 4.38. The zero-order valence-corrected chi connectivity index (χ0v) is 24.5. The predicted octanol–water partition coefficient (Wildman–Crippen LogP) is 6.22. The minimum atomic E-state index is -0.910. The molecule has 0 aromatic heterocycles. The van der Waals surface area contributed by atoms with E-state index in [1.54, 1.807) is 91.0 Å². The van der Waals surface area contributed by atoms with Crippen LogP contribution in [0.5, 0.6) is 11.5 Å². The number of nitrogens with one attached hydrogen (secondary N) is 2. The number of ether oxygens (including phenoxy) is 3. The van der Waals surface area contributed by atoms with Crippen molar-refractivity contribution >= 4 is 29.1 Å². The molecule has 45 heavy (non-hydrogen) atoms. The Morgan fingerprint density at radius 3 is 2.38 bits per heavy atom. The number of rotatable bonds is 14. The van der Waals surface area contributed by atoms with Gasteiger partial charge in [0.2, 0.25) is 5.91 Å². The fourth-order valence-corrected chi connectivity index (χ4v) is 4.38. The summed E-state index contributed by atoms with van der Waals surface area (Å²) in [4.78, 5) is 25.7. The Morgan fingerprint density at radius 2 is 1.64 bits per heavy atom. The smallest absolute Gasteiger partial charge is 0.412 e. The molecular weight excluding hydrogens is 572 g/mol. The third-order valence-electron chi connectivity index (χ3n) is 6.52. The predicted molar refractivity (Wildman–Crippen MR) is 172 cm³/mol. The number of hydrogen-bond acceptors (Lipinski definition) is 8. The summed E-state index contributed by atoms with van der Waals surface area (Å²) in [5.74, 6) is 0.715. The number of amides is 2. The number of aliphatic hydroxyl groups is 1. The summed E-state index contributed by atoms with van der Waals surface area (Å²) in [5.41, 5.74) is 8.41. The van der Waals surface area contributed by atoms with E-state index in [0.29, 0.717) is 52.5 Å². The molecular formula is C35H34N4O6. The first-order valence-corrected chi connectivity index (χ1v) is 14.3. The Bertz CT molecular complexity index is 1620. The molecule has 0 bridgehead atoms. The van der Waals surface area contributed by atoms with Crippen LogP contribution >= 0.6 is 0 Å². The number of carbonyl (C=O) groups excluding carboxylic acids is 2. The number of benzene rings is 4. The quantitative estimate of drug-likeness (QED) is 0.0973. The van der Waals surface area contributed by atoms with E-state index in [9.17, 15) is 14.7 Å². The molecule has 230 valence electrons. The zero-order chi connectivity index (χ0) is 31.9. The number of anilines is 3. The molecule has 0 spiro atoms. The molecule has 10 heteroatoms. The van der Waals surface area contributed by atoms with Gasteiger partial charge in [-0.1, -0.05) is 48.5 Å². The molecule has 4 rings (SSSR count). The number of para-hydroxylation sites is 3. The van der Waals surface area contributed by atoms with E-state index >= 15 is 0 Å². The van der Waals surface area contributed by atoms with Gasteiger partial charge < -0.3 is 30.4 Å². The third kappa shape index (κ3) is 10.2. The molecule has 2 amide bonds. The van der Waals surface area contributed by atoms with Crippen molar-refractivity contribution in [3.63, 3.8) is 0 Å². The first-order chi connectivity index (χ1) is 21.9. The van der Waals surface area contributed by atoms with Crippen LogP contribution in [-0.2, 0) is 9.53 Å². The number of nitriles is 1. The summed E-state index contributed by atoms with van der Waals surface area (Å²) in [6.45, 7) is -0.0622. The van der Waals surface area contributed by atoms with Gasteiger partial charge in [0.15, 0.2) is 6.10 Å². The fraction of sp³-hybridized carbons (Fsp3) is 0.171. The van der Waals surface area contributed by atoms with E-state index in [-0.39, 0.29) is 19.1 Å². The van der Waals surface area contributed by atoms with E-state index in [1.165, 1.54) is 6.08 Å². The maximum atomic E-state index is 13.2. The molecule has 0 aliphatic rings. The van der Waals surface area contributed by atoms with Crippen molar-refractivity contribution in [3.05, 3.63) is 126 Å². The number of nitrogens with two attached hydrogens (primary N) is 1. The summed E-state index contributed by atoms with van der Waals surface area (Å²) < 4.78 is 18.0. The lowest BCUT2D eigenvalue weighted by Crippen LogP contribution is -2.31. The lowest BCUT2D eigenvalue weighted by molar-refractivity contribution is -0.111. The highest BCUT2D eigenvalue weighted by atomic mass is 16.6. The minimum absolute atomic E-state index is 0.0968. The number of carbonyl (C=O) groups is 2. The zero-order valence-electron chi connectivity index (χ0n) is 24.5. The molecule has 4 aromatic rings. The molecule has 0 aliphatic heterocycles. The molecule has 0 aliphatic carbocycles. The maximum absolute atomic E-state index is 13.2. The van der Waals surface area contributed by atoms with E-state index in [0.717, 1.165) is 0 Å². The summed E-state index contributed by atoms with van der Waals surface area (Å²) in [7, 11) is 0. The monoisotopic (exact) mass is 606 g/mol. The van der Waals surface area contributed by atoms with Gasteiger partial charge >= 0.3 is 6.09 Å². The van der Waals surface area contributed by atoms with E-state index < -0.39 is 18.3 Å². The number of nitrogen functional groups attached to an aromatic ring is 1. The molecule has 0 heterocycles. The number of nitrogens with zero attached hydrogens (tertiary/aromatic N) is 1. The SMILES string of the molecule is N#Cc1ccc(NC(=O)O[C@@H](c2cccc(OCCO)c2)[C@H](CC/C=C/C(=O)Nc2ccccc2N)Oc2ccccc2)cc1. The Hall–Kier alpha value is -5.79. The highest BCUT2D eigenvalue weighted by Crippen LogP contribution is 2.31. The van der Waals surface area contributed by atoms with E-state index in [2.05, 4.69) is 10.6 Å². The first-order valence-electron chi connectivity index (χ1n) is 14.3. The molecule has 10 nitrogen and oxygen atoms in total. The van der Waals surface area contributed by atoms with Crippen molar-refractivity contribution < 1.29 is 28.9 Å². The van der Waals surface area contributed by atoms with Crippen molar-refractivity contribution in [3.8, 4) is 17.6 Å². The molecule has 0 radical (unpaired) electrons. The van der Waals surface area contributed by atoms with Crippen LogP contribution in [0, 0.1) is 11.3 Å². The largest absolute Gasteiger partial charge is 0.491 e. The molecule has 5 N–H and O–H groups in total. The van der Waals surface area contributed by atoms with Crippen LogP contribution in [-0.4, -0.2) is 36.4 Å². The topological polar surface area (TPSA) is 156 Å². The van der Waals surface area contributed by atoms with E-state index in [1.807, 2.05) is 24.3 Å². The van der Waals surface area contributed by atoms with Gasteiger partial charge in [-0.3, -0.25) is 10.1 Å². The van der Waals surface area contributed by atoms with Crippen molar-refractivity contribution in [1.82, 2.24) is 0 Å². The Kier molecular flexibility index (Phi) is 12.0. The highest BCUT2D eigenvalue weighted by molar-refractivity contribution is 6.01. The average molecular weight is 607 g/mol. The summed E-state index contributed by atoms with van der Waals surface area (Å²) in [6.07, 6.45) is 1.57. The van der Waals surface area contributed by atoms with Gasteiger partial charge in [-0.2, -0.15) is 5.26 Å². The lowest BCUT2D eigenvalue weighted by Gasteiger charge is -2.28. The Balaban J connectivity index is 1.56. The Morgan fingerprint density at radius 1 is 0.911 bits per heavy atom. The van der Waals surface area contributed by atoms with Crippen LogP contribution < -0.4 is 25.8 Å². The van der Waals surface area contributed by atoms with Crippen molar-refractivity contribution in [2.45, 2.75) is 25.0 Å². The summed E-state index contributed by atoms with van der Waals surface area (Å²) in [5, 5.41) is 23.8. The van der Waals surface area contributed by atoms with Crippen LogP contribution in [0.15, 0.2) is 115 Å². The normalized spacial score (nSPS) is 12.0. The van der Waals surface area contributed by atoms with Crippen LogP contribution in [0.2, 0.25) is 0 Å². The number of hydrogen-bond donors (Lipinski definition) is 4. The van der Waals surface area contributed by atoms with Crippen LogP contribution in [0.3, 0.4) is 0 Å². The van der Waals surface area contributed by atoms with E-state index in [4.69, 9.17) is 25.2 Å². The number of aliphatic hydroxyl groups excluding tert-OH is 1. The van der Waals surface area contributed by atoms with Crippen LogP contribution in [0.1, 0.15) is 30.1 Å². The second-order valence-electron chi connectivity index (χ2n) is 9.81. The molecule has 0 fully saturated rings. The van der Waals surface area contributed by atoms with Gasteiger partial charge in [0.25, 0.3) is 0 Å². The van der Waals surface area contributed by atoms with Gasteiger partial charge in [0, 0.05) is 5.69 Å². The van der Waals surface area contributed by atoms with Crippen molar-refractivity contribution in [2.75, 3.05) is 29.6 Å². The molecule has 0 saturated heterocycles. The van der Waals surface area contributed by atoms with Crippen molar-refractivity contribution in [2.24, 2.45) is 0 Å². The van der Waals surface area contributed by atoms with Gasteiger partial charge in [0.05, 0.1) is 29.6 Å². The maximum Gasteiger partial charge on any atom is 0.412 e. The highest BCUT2D eigenvalue weighted by Gasteiger charge is 2.29. The third-order valence-corrected chi connectivity index (χ3v) is 6.52. The van der Waals surface area contributed by atoms with Gasteiger partial charge in [-0.25, -0.2) is 4.79 Å². The molecule has 2 atom stereocenters. The van der Waals surface area contributed by atoms with Crippen molar-refractivity contribution in [1.29, 1.82) is 5.26 Å². The lowest BCUT2D eigenvalue weighted by atomic mass is 9.99. The van der Waals surface area contributed by atoms with Gasteiger partial charge in [-0.05, 0) is 85.1 Å². The average Bonchev–Trinajstić information content (AvgIpc) is 3.06. The molecule has 0 unspecified atom stereocenters. The standard InChI is InChI=1S/C35H34N4O6/c36-24-25-17-19-27(20-18-25)38-35(42)45-34(26-9-8-12-29(23-26)43-22-21-40)32(44-28-10-2-1-3-11-28)15-6-7-16-33(41)39-31-14-5-4-13-30(31)37/h1-5,7-14,16-20,23,32,34,40H,6,15,21-22,37H2,(H,38,42)(H,39,41)/b16-7+/t32-,34-/m0/s1. The number of allylic oxidation sites excluding steroid dienone is 1. The van der Waals surface area contributed by atoms with Gasteiger partial charge in [0.1, 0.15) is 24.2 Å². The van der Waals surface area contributed by atoms with Crippen LogP contribution in [0.25, 0.3) is 0 Å². The first kappa shape index (κ1) is 32.1. The molecule has 4 aromatic carbocycles. The summed E-state index contributed by atoms with van der Waals surface area (Å²) >= 11 is 0. The molecule has 0 saturated carbocycles. The van der Waals surface area contributed by atoms with Crippen LogP contribution in [0.4, 0.5) is 21.9 Å². The second kappa shape index (κ2) is 16.7. The summed E-state index contributed by atoms with van der Waals surface area (Å²) in [6, 6.07) is 31.6. The Labute approximate surface area is 261 Å². The second-order valence-corrected chi connectivity index (χ2v) is 9.81. The van der Waals surface area contributed by atoms with Gasteiger partial charge in [-0.15, -0.1) is 0 Å².